The Hall–Kier alpha value is -0.790. The first kappa shape index (κ1) is 15.2. The highest BCUT2D eigenvalue weighted by Gasteiger charge is 1.90. The van der Waals surface area contributed by atoms with Crippen LogP contribution in [0.15, 0.2) is 12.2 Å². The molecule has 0 heterocycles. The number of unbranched alkanes of at least 4 members (excludes halogenated alkanes) is 8. The van der Waals surface area contributed by atoms with Crippen molar-refractivity contribution in [1.82, 2.24) is 0 Å². The molecule has 0 rings (SSSR count). The lowest BCUT2D eigenvalue weighted by molar-refractivity contribution is -0.304. The van der Waals surface area contributed by atoms with Crippen molar-refractivity contribution in [2.75, 3.05) is 0 Å². The van der Waals surface area contributed by atoms with Crippen LogP contribution >= 0.6 is 0 Å². The highest BCUT2D eigenvalue weighted by molar-refractivity contribution is 5.66. The van der Waals surface area contributed by atoms with Crippen LogP contribution in [0, 0.1) is 0 Å². The number of carboxylic acid groups (broad SMARTS) is 1. The van der Waals surface area contributed by atoms with Gasteiger partial charge in [0, 0.05) is 12.4 Å². The van der Waals surface area contributed by atoms with E-state index in [2.05, 4.69) is 6.92 Å². The van der Waals surface area contributed by atoms with Crippen LogP contribution in [0.5, 0.6) is 0 Å². The molecule has 0 radical (unpaired) electrons. The molecular formula is C14H25O2-. The maximum Gasteiger partial charge on any atom is 0.0452 e. The molecule has 2 heteroatoms. The summed E-state index contributed by atoms with van der Waals surface area (Å²) in [5.41, 5.74) is 0. The second kappa shape index (κ2) is 12.3. The minimum Gasteiger partial charge on any atom is -0.550 e. The Morgan fingerprint density at radius 3 is 2.06 bits per heavy atom. The van der Waals surface area contributed by atoms with Crippen molar-refractivity contribution in [3.8, 4) is 0 Å². The number of carbonyl (C=O) groups is 1. The standard InChI is InChI=1S/C14H26O2/c1-2-3-4-5-6-7-8-9-10-11-12-13-14(15)16/h11-12H,2-10,13H2,1H3,(H,15,16)/p-1. The molecule has 0 atom stereocenters. The quantitative estimate of drug-likeness (QED) is 0.400. The topological polar surface area (TPSA) is 40.1 Å². The summed E-state index contributed by atoms with van der Waals surface area (Å²) in [7, 11) is 0. The second-order valence-corrected chi connectivity index (χ2v) is 4.31. The van der Waals surface area contributed by atoms with E-state index in [0.29, 0.717) is 0 Å². The first-order chi connectivity index (χ1) is 7.77. The summed E-state index contributed by atoms with van der Waals surface area (Å²) < 4.78 is 0. The normalized spacial score (nSPS) is 11.1. The highest BCUT2D eigenvalue weighted by atomic mass is 16.4. The second-order valence-electron chi connectivity index (χ2n) is 4.31. The zero-order valence-corrected chi connectivity index (χ0v) is 10.5. The van der Waals surface area contributed by atoms with Gasteiger partial charge in [0.15, 0.2) is 0 Å². The summed E-state index contributed by atoms with van der Waals surface area (Å²) >= 11 is 0. The molecule has 0 fully saturated rings. The van der Waals surface area contributed by atoms with Crippen molar-refractivity contribution in [3.63, 3.8) is 0 Å². The average Bonchev–Trinajstić information content (AvgIpc) is 2.25. The minimum absolute atomic E-state index is 0.0526. The molecule has 0 aliphatic heterocycles. The van der Waals surface area contributed by atoms with Crippen LogP contribution in [0.25, 0.3) is 0 Å². The van der Waals surface area contributed by atoms with E-state index >= 15 is 0 Å². The number of hydrogen-bond acceptors (Lipinski definition) is 2. The molecule has 0 aliphatic rings. The number of carboxylic acids is 1. The van der Waals surface area contributed by atoms with Crippen LogP contribution in [0.1, 0.15) is 71.1 Å². The zero-order chi connectivity index (χ0) is 12.1. The third-order valence-corrected chi connectivity index (χ3v) is 2.68. The lowest BCUT2D eigenvalue weighted by atomic mass is 10.1. The fraction of sp³-hybridized carbons (Fsp3) is 0.786. The monoisotopic (exact) mass is 225 g/mol. The Balaban J connectivity index is 3.03. The van der Waals surface area contributed by atoms with E-state index in [0.717, 1.165) is 6.42 Å². The van der Waals surface area contributed by atoms with Crippen molar-refractivity contribution in [3.05, 3.63) is 12.2 Å². The average molecular weight is 225 g/mol. The largest absolute Gasteiger partial charge is 0.550 e. The van der Waals surface area contributed by atoms with Gasteiger partial charge < -0.3 is 9.90 Å². The van der Waals surface area contributed by atoms with Gasteiger partial charge in [-0.05, 0) is 12.8 Å². The Labute approximate surface area is 99.7 Å². The van der Waals surface area contributed by atoms with Gasteiger partial charge in [0.25, 0.3) is 0 Å². The first-order valence-corrected chi connectivity index (χ1v) is 6.62. The SMILES string of the molecule is CCCCCCCCCCC=CCC(=O)[O-]. The van der Waals surface area contributed by atoms with Crippen molar-refractivity contribution in [1.29, 1.82) is 0 Å². The van der Waals surface area contributed by atoms with Gasteiger partial charge in [-0.2, -0.15) is 0 Å². The van der Waals surface area contributed by atoms with Gasteiger partial charge in [0.1, 0.15) is 0 Å². The lowest BCUT2D eigenvalue weighted by Crippen LogP contribution is -2.20. The summed E-state index contributed by atoms with van der Waals surface area (Å²) in [6.45, 7) is 2.24. The molecule has 16 heavy (non-hydrogen) atoms. The van der Waals surface area contributed by atoms with E-state index in [-0.39, 0.29) is 6.42 Å². The molecule has 0 bridgehead atoms. The molecule has 0 amide bonds. The third kappa shape index (κ3) is 13.2. The van der Waals surface area contributed by atoms with E-state index in [1.165, 1.54) is 51.4 Å². The van der Waals surface area contributed by atoms with Gasteiger partial charge in [0.2, 0.25) is 0 Å². The highest BCUT2D eigenvalue weighted by Crippen LogP contribution is 2.09. The zero-order valence-electron chi connectivity index (χ0n) is 10.5. The molecule has 2 nitrogen and oxygen atoms in total. The lowest BCUT2D eigenvalue weighted by Gasteiger charge is -2.00. The van der Waals surface area contributed by atoms with Crippen molar-refractivity contribution < 1.29 is 9.90 Å². The molecule has 0 aromatic rings. The smallest absolute Gasteiger partial charge is 0.0452 e. The van der Waals surface area contributed by atoms with Crippen LogP contribution in [0.3, 0.4) is 0 Å². The van der Waals surface area contributed by atoms with Gasteiger partial charge in [-0.1, -0.05) is 64.0 Å². The van der Waals surface area contributed by atoms with Crippen LogP contribution < -0.4 is 5.11 Å². The molecule has 0 N–H and O–H groups in total. The molecule has 0 saturated carbocycles. The first-order valence-electron chi connectivity index (χ1n) is 6.62. The minimum atomic E-state index is -0.993. The maximum atomic E-state index is 10.1. The van der Waals surface area contributed by atoms with Gasteiger partial charge >= 0.3 is 0 Å². The van der Waals surface area contributed by atoms with Gasteiger partial charge in [-0.15, -0.1) is 0 Å². The van der Waals surface area contributed by atoms with E-state index in [4.69, 9.17) is 0 Å². The predicted octanol–water partition coefficient (Wildman–Crippen LogP) is 3.21. The molecule has 0 spiro atoms. The summed E-state index contributed by atoms with van der Waals surface area (Å²) in [5, 5.41) is 10.1. The van der Waals surface area contributed by atoms with Gasteiger partial charge in [-0.25, -0.2) is 0 Å². The van der Waals surface area contributed by atoms with Crippen molar-refractivity contribution >= 4 is 5.97 Å². The Bertz CT molecular complexity index is 185. The fourth-order valence-corrected chi connectivity index (χ4v) is 1.69. The maximum absolute atomic E-state index is 10.1. The molecule has 94 valence electrons. The summed E-state index contributed by atoms with van der Waals surface area (Å²) in [6.07, 6.45) is 15.2. The third-order valence-electron chi connectivity index (χ3n) is 2.68. The number of hydrogen-bond donors (Lipinski definition) is 0. The Kier molecular flexibility index (Phi) is 11.7. The Morgan fingerprint density at radius 1 is 0.938 bits per heavy atom. The van der Waals surface area contributed by atoms with Crippen LogP contribution in [-0.2, 0) is 4.79 Å². The molecule has 0 aromatic carbocycles. The molecule has 0 aromatic heterocycles. The molecule has 0 saturated heterocycles. The van der Waals surface area contributed by atoms with Gasteiger partial charge in [0.05, 0.1) is 0 Å². The van der Waals surface area contributed by atoms with Crippen molar-refractivity contribution in [2.24, 2.45) is 0 Å². The van der Waals surface area contributed by atoms with E-state index in [9.17, 15) is 9.90 Å². The number of carbonyl (C=O) groups excluding carboxylic acids is 1. The summed E-state index contributed by atoms with van der Waals surface area (Å²) in [5.74, 6) is -0.993. The molecular weight excluding hydrogens is 200 g/mol. The van der Waals surface area contributed by atoms with E-state index < -0.39 is 5.97 Å². The number of rotatable bonds is 11. The number of aliphatic carboxylic acids is 1. The van der Waals surface area contributed by atoms with Gasteiger partial charge in [-0.3, -0.25) is 0 Å². The van der Waals surface area contributed by atoms with Crippen LogP contribution in [0.4, 0.5) is 0 Å². The molecule has 0 unspecified atom stereocenters. The van der Waals surface area contributed by atoms with E-state index in [1.54, 1.807) is 6.08 Å². The summed E-state index contributed by atoms with van der Waals surface area (Å²) in [6, 6.07) is 0. The van der Waals surface area contributed by atoms with Crippen molar-refractivity contribution in [2.45, 2.75) is 71.1 Å². The van der Waals surface area contributed by atoms with Crippen LogP contribution in [0.2, 0.25) is 0 Å². The fourth-order valence-electron chi connectivity index (χ4n) is 1.69. The Morgan fingerprint density at radius 2 is 1.50 bits per heavy atom. The van der Waals surface area contributed by atoms with E-state index in [1.807, 2.05) is 6.08 Å². The predicted molar refractivity (Wildman–Crippen MR) is 66.0 cm³/mol. The number of allylic oxidation sites excluding steroid dienone is 1. The van der Waals surface area contributed by atoms with Crippen LogP contribution in [-0.4, -0.2) is 5.97 Å². The summed E-state index contributed by atoms with van der Waals surface area (Å²) in [4.78, 5) is 10.1. The molecule has 0 aliphatic carbocycles.